The van der Waals surface area contributed by atoms with Crippen LogP contribution in [0, 0.1) is 0 Å². The largest absolute Gasteiger partial charge is 0.508 e. The van der Waals surface area contributed by atoms with Gasteiger partial charge in [0.25, 0.3) is 0 Å². The van der Waals surface area contributed by atoms with Crippen molar-refractivity contribution in [2.24, 2.45) is 0 Å². The molecule has 7 heteroatoms. The van der Waals surface area contributed by atoms with Crippen molar-refractivity contribution in [3.63, 3.8) is 0 Å². The van der Waals surface area contributed by atoms with Crippen molar-refractivity contribution in [2.75, 3.05) is 18.0 Å². The van der Waals surface area contributed by atoms with Crippen LogP contribution >= 0.6 is 0 Å². The first kappa shape index (κ1) is 24.2. The third kappa shape index (κ3) is 3.76. The quantitative estimate of drug-likeness (QED) is 0.215. The van der Waals surface area contributed by atoms with Gasteiger partial charge < -0.3 is 18.8 Å². The molecule has 6 rings (SSSR count). The minimum Gasteiger partial charge on any atom is -0.508 e. The topological polar surface area (TPSA) is 101 Å². The van der Waals surface area contributed by atoms with Gasteiger partial charge in [-0.25, -0.2) is 9.59 Å². The van der Waals surface area contributed by atoms with Crippen molar-refractivity contribution >= 4 is 39.5 Å². The monoisotopic (exact) mass is 511 g/mol. The van der Waals surface area contributed by atoms with Crippen LogP contribution in [-0.4, -0.2) is 24.0 Å². The molecule has 0 aliphatic carbocycles. The number of ketones is 1. The zero-order valence-corrected chi connectivity index (χ0v) is 21.9. The summed E-state index contributed by atoms with van der Waals surface area (Å²) in [5, 5.41) is 10.9. The van der Waals surface area contributed by atoms with Gasteiger partial charge in [-0.2, -0.15) is 0 Å². The molecule has 0 radical (unpaired) electrons. The van der Waals surface area contributed by atoms with E-state index >= 15 is 0 Å². The third-order valence-corrected chi connectivity index (χ3v) is 8.16. The Morgan fingerprint density at radius 2 is 1.66 bits per heavy atom. The van der Waals surface area contributed by atoms with Gasteiger partial charge in [-0.05, 0) is 71.7 Å². The number of allylic oxidation sites excluding steroid dienone is 1. The number of phenolic OH excluding ortho intramolecular Hbond substituents is 1. The Hall–Kier alpha value is -4.13. The molecule has 0 saturated heterocycles. The van der Waals surface area contributed by atoms with Crippen LogP contribution in [0.5, 0.6) is 5.75 Å². The fraction of sp³-hybridized carbons (Fsp3) is 0.323. The SMILES string of the molecule is CC1(C)CCN2CCC(C)(C)c3c2c1cc1cc(/C=C/C(=O)c2cc4ccc(O)cc4oc2=O)c(=O)oc31. The first-order valence-corrected chi connectivity index (χ1v) is 12.8. The van der Waals surface area contributed by atoms with Crippen LogP contribution in [0.1, 0.15) is 67.6 Å². The molecule has 4 aromatic rings. The molecule has 0 fully saturated rings. The zero-order valence-electron chi connectivity index (χ0n) is 21.9. The van der Waals surface area contributed by atoms with Gasteiger partial charge in [-0.1, -0.05) is 27.7 Å². The molecule has 0 unspecified atom stereocenters. The number of fused-ring (bicyclic) bond motifs is 3. The summed E-state index contributed by atoms with van der Waals surface area (Å²) in [6, 6.07) is 9.63. The Labute approximate surface area is 219 Å². The molecule has 0 bridgehead atoms. The number of hydrogen-bond acceptors (Lipinski definition) is 7. The minimum absolute atomic E-state index is 0.0226. The Morgan fingerprint density at radius 3 is 2.42 bits per heavy atom. The Balaban J connectivity index is 1.45. The molecule has 2 aliphatic heterocycles. The summed E-state index contributed by atoms with van der Waals surface area (Å²) in [6.07, 6.45) is 4.58. The van der Waals surface area contributed by atoms with Crippen molar-refractivity contribution in [3.05, 3.63) is 85.6 Å². The number of carbonyl (C=O) groups is 1. The van der Waals surface area contributed by atoms with E-state index in [9.17, 15) is 19.5 Å². The van der Waals surface area contributed by atoms with E-state index < -0.39 is 17.0 Å². The summed E-state index contributed by atoms with van der Waals surface area (Å²) in [7, 11) is 0. The molecular formula is C31H29NO6. The van der Waals surface area contributed by atoms with E-state index in [1.54, 1.807) is 12.1 Å². The van der Waals surface area contributed by atoms with Crippen LogP contribution in [0.25, 0.3) is 28.0 Å². The fourth-order valence-corrected chi connectivity index (χ4v) is 5.81. The lowest BCUT2D eigenvalue weighted by molar-refractivity contribution is 0.104. The highest BCUT2D eigenvalue weighted by Crippen LogP contribution is 2.51. The average Bonchev–Trinajstić information content (AvgIpc) is 2.85. The molecule has 0 saturated carbocycles. The second kappa shape index (κ2) is 8.18. The first-order valence-electron chi connectivity index (χ1n) is 12.8. The number of phenols is 1. The predicted molar refractivity (Wildman–Crippen MR) is 147 cm³/mol. The maximum absolute atomic E-state index is 13.1. The minimum atomic E-state index is -0.817. The number of rotatable bonds is 3. The van der Waals surface area contributed by atoms with Crippen LogP contribution in [-0.2, 0) is 10.8 Å². The van der Waals surface area contributed by atoms with E-state index in [0.29, 0.717) is 11.0 Å². The van der Waals surface area contributed by atoms with Crippen molar-refractivity contribution < 1.29 is 18.7 Å². The summed E-state index contributed by atoms with van der Waals surface area (Å²) in [5.74, 6) is -0.635. The van der Waals surface area contributed by atoms with Gasteiger partial charge in [0.2, 0.25) is 0 Å². The highest BCUT2D eigenvalue weighted by molar-refractivity contribution is 6.08. The van der Waals surface area contributed by atoms with E-state index in [-0.39, 0.29) is 33.3 Å². The molecule has 4 heterocycles. The molecule has 0 amide bonds. The number of benzene rings is 2. The van der Waals surface area contributed by atoms with Gasteiger partial charge in [-0.15, -0.1) is 0 Å². The van der Waals surface area contributed by atoms with E-state index in [2.05, 4.69) is 38.7 Å². The lowest BCUT2D eigenvalue weighted by Gasteiger charge is -2.48. The Bertz CT molecular complexity index is 1800. The van der Waals surface area contributed by atoms with Gasteiger partial charge in [0, 0.05) is 41.2 Å². The fourth-order valence-electron chi connectivity index (χ4n) is 5.81. The van der Waals surface area contributed by atoms with Gasteiger partial charge in [-0.3, -0.25) is 4.79 Å². The number of nitrogens with zero attached hydrogens (tertiary/aromatic N) is 1. The van der Waals surface area contributed by atoms with Crippen molar-refractivity contribution in [2.45, 2.75) is 51.4 Å². The number of anilines is 1. The first-order chi connectivity index (χ1) is 17.9. The maximum atomic E-state index is 13.1. The Morgan fingerprint density at radius 1 is 0.921 bits per heavy atom. The lowest BCUT2D eigenvalue weighted by atomic mass is 9.69. The molecule has 2 aromatic carbocycles. The van der Waals surface area contributed by atoms with Crippen LogP contribution in [0.3, 0.4) is 0 Å². The van der Waals surface area contributed by atoms with Gasteiger partial charge >= 0.3 is 11.3 Å². The van der Waals surface area contributed by atoms with Crippen LogP contribution in [0.15, 0.2) is 60.9 Å². The van der Waals surface area contributed by atoms with Gasteiger partial charge in [0.1, 0.15) is 22.5 Å². The summed E-state index contributed by atoms with van der Waals surface area (Å²) in [4.78, 5) is 40.8. The summed E-state index contributed by atoms with van der Waals surface area (Å²) < 4.78 is 11.2. The molecule has 2 aromatic heterocycles. The number of aromatic hydroxyl groups is 1. The van der Waals surface area contributed by atoms with E-state index in [0.717, 1.165) is 36.9 Å². The lowest BCUT2D eigenvalue weighted by Crippen LogP contribution is -2.44. The van der Waals surface area contributed by atoms with Crippen molar-refractivity contribution in [1.82, 2.24) is 0 Å². The molecule has 194 valence electrons. The van der Waals surface area contributed by atoms with Crippen LogP contribution in [0.2, 0.25) is 0 Å². The zero-order chi connectivity index (χ0) is 27.0. The number of hydrogen-bond donors (Lipinski definition) is 1. The van der Waals surface area contributed by atoms with Gasteiger partial charge in [0.05, 0.1) is 5.56 Å². The summed E-state index contributed by atoms with van der Waals surface area (Å²) in [5.41, 5.74) is 2.84. The third-order valence-electron chi connectivity index (χ3n) is 8.16. The van der Waals surface area contributed by atoms with Crippen LogP contribution in [0.4, 0.5) is 5.69 Å². The molecule has 2 aliphatic rings. The Kier molecular flexibility index (Phi) is 5.22. The second-order valence-corrected chi connectivity index (χ2v) is 11.7. The average molecular weight is 512 g/mol. The predicted octanol–water partition coefficient (Wildman–Crippen LogP) is 5.67. The van der Waals surface area contributed by atoms with E-state index in [4.69, 9.17) is 8.83 Å². The summed E-state index contributed by atoms with van der Waals surface area (Å²) >= 11 is 0. The number of carbonyl (C=O) groups excluding carboxylic acids is 1. The molecule has 38 heavy (non-hydrogen) atoms. The molecular weight excluding hydrogens is 482 g/mol. The molecule has 7 nitrogen and oxygen atoms in total. The molecule has 0 spiro atoms. The van der Waals surface area contributed by atoms with Crippen molar-refractivity contribution in [1.29, 1.82) is 0 Å². The second-order valence-electron chi connectivity index (χ2n) is 11.7. The van der Waals surface area contributed by atoms with E-state index in [1.165, 1.54) is 41.6 Å². The maximum Gasteiger partial charge on any atom is 0.347 e. The van der Waals surface area contributed by atoms with E-state index in [1.807, 2.05) is 0 Å². The van der Waals surface area contributed by atoms with Crippen LogP contribution < -0.4 is 16.2 Å². The van der Waals surface area contributed by atoms with Crippen molar-refractivity contribution in [3.8, 4) is 5.75 Å². The van der Waals surface area contributed by atoms with Gasteiger partial charge in [0.15, 0.2) is 5.78 Å². The molecule has 1 N–H and O–H groups in total. The highest BCUT2D eigenvalue weighted by Gasteiger charge is 2.41. The summed E-state index contributed by atoms with van der Waals surface area (Å²) in [6.45, 7) is 10.9. The molecule has 0 atom stereocenters. The smallest absolute Gasteiger partial charge is 0.347 e. The standard InChI is InChI=1S/C31H29NO6/c1-30(2)9-11-32-12-10-31(3,4)25-26(32)22(30)15-19-13-18(28(35)38-27(19)25)6-8-23(34)21-14-17-5-7-20(33)16-24(17)37-29(21)36/h5-8,13-16,33H,9-12H2,1-4H3/b8-6+. The highest BCUT2D eigenvalue weighted by atomic mass is 16.4. The normalized spacial score (nSPS) is 17.7.